The summed E-state index contributed by atoms with van der Waals surface area (Å²) in [5.41, 5.74) is 0. The van der Waals surface area contributed by atoms with E-state index in [1.807, 2.05) is 12.3 Å². The van der Waals surface area contributed by atoms with Crippen molar-refractivity contribution in [1.82, 2.24) is 24.7 Å². The fraction of sp³-hybridized carbons (Fsp3) is 0.455. The summed E-state index contributed by atoms with van der Waals surface area (Å²) >= 11 is 0. The minimum absolute atomic E-state index is 0.488. The molecule has 18 heavy (non-hydrogen) atoms. The van der Waals surface area contributed by atoms with Crippen LogP contribution in [0.15, 0.2) is 18.5 Å². The molecule has 7 heteroatoms. The molecule has 0 aromatic carbocycles. The van der Waals surface area contributed by atoms with Gasteiger partial charge in [-0.25, -0.2) is 4.68 Å². The third-order valence-electron chi connectivity index (χ3n) is 2.99. The average molecular weight is 245 g/mol. The Kier molecular flexibility index (Phi) is 2.79. The predicted molar refractivity (Wildman–Crippen MR) is 67.8 cm³/mol. The topological polar surface area (TPSA) is 80.5 Å². The van der Waals surface area contributed by atoms with E-state index >= 15 is 0 Å². The van der Waals surface area contributed by atoms with Gasteiger partial charge in [0, 0.05) is 25.5 Å². The van der Waals surface area contributed by atoms with E-state index < -0.39 is 0 Å². The predicted octanol–water partition coefficient (Wildman–Crippen LogP) is 1.06. The highest BCUT2D eigenvalue weighted by Crippen LogP contribution is 2.22. The monoisotopic (exact) mass is 245 g/mol. The molecule has 0 aliphatic heterocycles. The normalized spacial score (nSPS) is 15.2. The maximum absolute atomic E-state index is 4.37. The lowest BCUT2D eigenvalue weighted by Gasteiger charge is -2.26. The van der Waals surface area contributed by atoms with Crippen LogP contribution in [0, 0.1) is 0 Å². The lowest BCUT2D eigenvalue weighted by Crippen LogP contribution is -2.28. The Morgan fingerprint density at radius 2 is 2.06 bits per heavy atom. The summed E-state index contributed by atoms with van der Waals surface area (Å²) in [5.74, 6) is 1.66. The van der Waals surface area contributed by atoms with E-state index in [4.69, 9.17) is 0 Å². The molecule has 0 saturated heterocycles. The zero-order valence-electron chi connectivity index (χ0n) is 10.2. The van der Waals surface area contributed by atoms with Crippen LogP contribution in [0.2, 0.25) is 0 Å². The van der Waals surface area contributed by atoms with Crippen molar-refractivity contribution in [2.75, 3.05) is 17.7 Å². The third-order valence-corrected chi connectivity index (χ3v) is 2.99. The maximum Gasteiger partial charge on any atom is 0.257 e. The zero-order chi connectivity index (χ0) is 12.4. The first-order chi connectivity index (χ1) is 8.85. The van der Waals surface area contributed by atoms with Crippen molar-refractivity contribution in [2.24, 2.45) is 0 Å². The van der Waals surface area contributed by atoms with Crippen LogP contribution in [0.5, 0.6) is 0 Å². The zero-order valence-corrected chi connectivity index (χ0v) is 10.2. The summed E-state index contributed by atoms with van der Waals surface area (Å²) in [4.78, 5) is 12.9. The van der Waals surface area contributed by atoms with Crippen LogP contribution in [0.1, 0.15) is 19.3 Å². The Bertz CT molecular complexity index is 518. The molecule has 2 heterocycles. The molecule has 1 fully saturated rings. The van der Waals surface area contributed by atoms with Crippen molar-refractivity contribution in [3.8, 4) is 5.95 Å². The van der Waals surface area contributed by atoms with Gasteiger partial charge in [0.15, 0.2) is 0 Å². The first-order valence-electron chi connectivity index (χ1n) is 6.05. The molecule has 94 valence electrons. The number of aromatic nitrogens is 5. The van der Waals surface area contributed by atoms with Crippen LogP contribution < -0.4 is 10.6 Å². The quantitative estimate of drug-likeness (QED) is 0.838. The van der Waals surface area contributed by atoms with Crippen LogP contribution in [0.25, 0.3) is 5.95 Å². The van der Waals surface area contributed by atoms with Gasteiger partial charge in [0.05, 0.1) is 0 Å². The first kappa shape index (κ1) is 10.9. The average Bonchev–Trinajstić information content (AvgIpc) is 2.87. The van der Waals surface area contributed by atoms with Crippen molar-refractivity contribution in [2.45, 2.75) is 25.3 Å². The third kappa shape index (κ3) is 2.11. The van der Waals surface area contributed by atoms with E-state index in [0.717, 1.165) is 0 Å². The molecule has 0 radical (unpaired) electrons. The Morgan fingerprint density at radius 3 is 2.67 bits per heavy atom. The van der Waals surface area contributed by atoms with Gasteiger partial charge >= 0.3 is 0 Å². The van der Waals surface area contributed by atoms with E-state index in [1.54, 1.807) is 17.9 Å². The van der Waals surface area contributed by atoms with Gasteiger partial charge in [-0.15, -0.1) is 0 Å². The molecular formula is C11H15N7. The van der Waals surface area contributed by atoms with Gasteiger partial charge < -0.3 is 10.6 Å². The summed E-state index contributed by atoms with van der Waals surface area (Å²) in [7, 11) is 1.79. The van der Waals surface area contributed by atoms with Gasteiger partial charge in [-0.3, -0.25) is 0 Å². The molecule has 0 spiro atoms. The SMILES string of the molecule is CNc1nc(NC2CCC2)nc(-n2cccn2)n1. The fourth-order valence-corrected chi connectivity index (χ4v) is 1.77. The molecule has 2 aromatic heterocycles. The van der Waals surface area contributed by atoms with E-state index in [0.29, 0.717) is 23.9 Å². The number of hydrogen-bond donors (Lipinski definition) is 2. The molecule has 1 aliphatic carbocycles. The second-order valence-corrected chi connectivity index (χ2v) is 4.26. The molecule has 2 N–H and O–H groups in total. The molecule has 0 bridgehead atoms. The molecule has 1 aliphatic rings. The number of rotatable bonds is 4. The van der Waals surface area contributed by atoms with Crippen LogP contribution in [0.4, 0.5) is 11.9 Å². The van der Waals surface area contributed by atoms with Crippen molar-refractivity contribution in [3.05, 3.63) is 18.5 Å². The number of hydrogen-bond acceptors (Lipinski definition) is 6. The first-order valence-corrected chi connectivity index (χ1v) is 6.05. The number of nitrogens with one attached hydrogen (secondary N) is 2. The summed E-state index contributed by atoms with van der Waals surface area (Å²) in [6.45, 7) is 0. The van der Waals surface area contributed by atoms with Gasteiger partial charge in [0.25, 0.3) is 5.95 Å². The number of nitrogens with zero attached hydrogens (tertiary/aromatic N) is 5. The Hall–Kier alpha value is -2.18. The van der Waals surface area contributed by atoms with Gasteiger partial charge in [0.2, 0.25) is 11.9 Å². The van der Waals surface area contributed by atoms with Crippen molar-refractivity contribution >= 4 is 11.9 Å². The van der Waals surface area contributed by atoms with Gasteiger partial charge in [-0.2, -0.15) is 20.1 Å². The van der Waals surface area contributed by atoms with Crippen LogP contribution in [-0.2, 0) is 0 Å². The second-order valence-electron chi connectivity index (χ2n) is 4.26. The summed E-state index contributed by atoms with van der Waals surface area (Å²) in [6, 6.07) is 2.32. The largest absolute Gasteiger partial charge is 0.357 e. The Labute approximate surface area is 105 Å². The van der Waals surface area contributed by atoms with Gasteiger partial charge in [-0.05, 0) is 25.3 Å². The molecule has 2 aromatic rings. The summed E-state index contributed by atoms with van der Waals surface area (Å²) in [6.07, 6.45) is 7.13. The molecular weight excluding hydrogens is 230 g/mol. The van der Waals surface area contributed by atoms with E-state index in [1.165, 1.54) is 19.3 Å². The Balaban J connectivity index is 1.90. The highest BCUT2D eigenvalue weighted by molar-refractivity contribution is 5.38. The van der Waals surface area contributed by atoms with Crippen LogP contribution >= 0.6 is 0 Å². The molecule has 3 rings (SSSR count). The van der Waals surface area contributed by atoms with E-state index in [2.05, 4.69) is 30.7 Å². The van der Waals surface area contributed by atoms with Crippen LogP contribution in [0.3, 0.4) is 0 Å². The highest BCUT2D eigenvalue weighted by atomic mass is 15.4. The van der Waals surface area contributed by atoms with Crippen molar-refractivity contribution < 1.29 is 0 Å². The summed E-state index contributed by atoms with van der Waals surface area (Å²) in [5, 5.41) is 10.4. The van der Waals surface area contributed by atoms with Crippen molar-refractivity contribution in [3.63, 3.8) is 0 Å². The number of anilines is 2. The molecule has 1 saturated carbocycles. The lowest BCUT2D eigenvalue weighted by molar-refractivity contribution is 0.443. The molecule has 0 amide bonds. The molecule has 0 unspecified atom stereocenters. The molecule has 7 nitrogen and oxygen atoms in total. The molecule has 0 atom stereocenters. The highest BCUT2D eigenvalue weighted by Gasteiger charge is 2.19. The second kappa shape index (κ2) is 4.59. The van der Waals surface area contributed by atoms with E-state index in [-0.39, 0.29) is 0 Å². The lowest BCUT2D eigenvalue weighted by atomic mass is 9.93. The van der Waals surface area contributed by atoms with Crippen LogP contribution in [-0.4, -0.2) is 37.8 Å². The maximum atomic E-state index is 4.37. The van der Waals surface area contributed by atoms with Gasteiger partial charge in [0.1, 0.15) is 0 Å². The summed E-state index contributed by atoms with van der Waals surface area (Å²) < 4.78 is 1.62. The minimum Gasteiger partial charge on any atom is -0.357 e. The van der Waals surface area contributed by atoms with E-state index in [9.17, 15) is 0 Å². The fourth-order valence-electron chi connectivity index (χ4n) is 1.77. The smallest absolute Gasteiger partial charge is 0.257 e. The van der Waals surface area contributed by atoms with Crippen molar-refractivity contribution in [1.29, 1.82) is 0 Å². The Morgan fingerprint density at radius 1 is 1.22 bits per heavy atom. The van der Waals surface area contributed by atoms with Gasteiger partial charge in [-0.1, -0.05) is 0 Å². The minimum atomic E-state index is 0.488. The standard InChI is InChI=1S/C11H15N7/c1-12-9-15-10(14-8-4-2-5-8)17-11(16-9)18-7-3-6-13-18/h3,6-8H,2,4-5H2,1H3,(H2,12,14,15,16,17).